The molecule has 0 aliphatic heterocycles. The van der Waals surface area contributed by atoms with Gasteiger partial charge in [-0.3, -0.25) is 14.4 Å². The molecule has 1 aromatic heterocycles. The number of Topliss-reactive ketones (excluding diaryl/α,β-unsaturated/α-hetero) is 1. The lowest BCUT2D eigenvalue weighted by molar-refractivity contribution is -0.525. The molecule has 1 heterocycles. The number of amides is 2. The van der Waals surface area contributed by atoms with Crippen LogP contribution in [0.2, 0.25) is 0 Å². The lowest BCUT2D eigenvalue weighted by Crippen LogP contribution is -2.54. The summed E-state index contributed by atoms with van der Waals surface area (Å²) < 4.78 is 0. The molecule has 2 atom stereocenters. The van der Waals surface area contributed by atoms with Crippen molar-refractivity contribution in [1.82, 2.24) is 16.1 Å². The highest BCUT2D eigenvalue weighted by molar-refractivity contribution is 7.08. The van der Waals surface area contributed by atoms with Crippen LogP contribution in [0.4, 0.5) is 0 Å². The molecule has 0 saturated carbocycles. The second-order valence-electron chi connectivity index (χ2n) is 8.35. The molecule has 15 heteroatoms. The highest BCUT2D eigenvalue weighted by atomic mass is 32.1. The summed E-state index contributed by atoms with van der Waals surface area (Å²) in [7, 11) is -1.78. The van der Waals surface area contributed by atoms with Crippen molar-refractivity contribution in [2.24, 2.45) is 16.6 Å². The predicted octanol–water partition coefficient (Wildman–Crippen LogP) is 0.00500. The summed E-state index contributed by atoms with van der Waals surface area (Å²) in [5.41, 5.74) is 7.66. The summed E-state index contributed by atoms with van der Waals surface area (Å²) in [4.78, 5) is 51.5. The van der Waals surface area contributed by atoms with Crippen LogP contribution in [0.25, 0.3) is 0 Å². The number of thiophene rings is 1. The van der Waals surface area contributed by atoms with Crippen molar-refractivity contribution in [3.63, 3.8) is 0 Å². The largest absolute Gasteiger partial charge is 0.475 e. The van der Waals surface area contributed by atoms with E-state index in [1.165, 1.54) is 11.3 Å². The van der Waals surface area contributed by atoms with Crippen molar-refractivity contribution in [3.05, 3.63) is 32.5 Å². The van der Waals surface area contributed by atoms with Crippen LogP contribution in [-0.4, -0.2) is 64.3 Å². The van der Waals surface area contributed by atoms with E-state index in [-0.39, 0.29) is 43.9 Å². The number of nitro groups is 1. The van der Waals surface area contributed by atoms with Gasteiger partial charge in [-0.2, -0.15) is 11.3 Å². The quantitative estimate of drug-likeness (QED) is 0.0334. The Morgan fingerprint density at radius 1 is 1.23 bits per heavy atom. The second kappa shape index (κ2) is 15.8. The highest BCUT2D eigenvalue weighted by Gasteiger charge is 2.29. The molecule has 0 unspecified atom stereocenters. The van der Waals surface area contributed by atoms with Gasteiger partial charge >= 0.3 is 7.12 Å². The van der Waals surface area contributed by atoms with Gasteiger partial charge in [0.25, 0.3) is 5.96 Å². The first-order chi connectivity index (χ1) is 16.5. The molecule has 0 fully saturated rings. The van der Waals surface area contributed by atoms with E-state index in [4.69, 9.17) is 5.73 Å². The molecule has 2 amide bonds. The van der Waals surface area contributed by atoms with Gasteiger partial charge in [-0.1, -0.05) is 19.3 Å². The van der Waals surface area contributed by atoms with E-state index in [9.17, 15) is 34.5 Å². The minimum atomic E-state index is -1.78. The molecule has 0 radical (unpaired) electrons. The number of ketones is 1. The zero-order valence-electron chi connectivity index (χ0n) is 19.8. The molecule has 0 aromatic carbocycles. The van der Waals surface area contributed by atoms with Crippen molar-refractivity contribution in [3.8, 4) is 0 Å². The third kappa shape index (κ3) is 12.8. The van der Waals surface area contributed by atoms with Crippen molar-refractivity contribution in [2.75, 3.05) is 6.54 Å². The topological polar surface area (TPSA) is 209 Å². The molecule has 0 aliphatic rings. The maximum atomic E-state index is 12.8. The Bertz CT molecular complexity index is 866. The summed E-state index contributed by atoms with van der Waals surface area (Å²) in [6, 6.07) is 0.705. The van der Waals surface area contributed by atoms with E-state index in [0.29, 0.717) is 18.4 Å². The van der Waals surface area contributed by atoms with Crippen LogP contribution < -0.4 is 21.8 Å². The number of guanidine groups is 1. The number of carbonyl (C=O) groups is 3. The molecule has 0 saturated heterocycles. The number of hydrogen-bond donors (Lipinski definition) is 6. The minimum Gasteiger partial charge on any atom is -0.426 e. The van der Waals surface area contributed by atoms with Crippen LogP contribution >= 0.6 is 11.3 Å². The number of carbonyl (C=O) groups excluding carboxylic acids is 3. The van der Waals surface area contributed by atoms with Gasteiger partial charge in [0.2, 0.25) is 11.8 Å². The highest BCUT2D eigenvalue weighted by Crippen LogP contribution is 2.11. The van der Waals surface area contributed by atoms with Crippen LogP contribution in [-0.2, 0) is 9.59 Å². The first-order valence-electron chi connectivity index (χ1n) is 11.2. The van der Waals surface area contributed by atoms with Crippen molar-refractivity contribution in [1.29, 1.82) is 0 Å². The molecule has 0 bridgehead atoms. The molecule has 1 rings (SSSR count). The molecule has 13 nitrogen and oxygen atoms in total. The molecule has 35 heavy (non-hydrogen) atoms. The van der Waals surface area contributed by atoms with E-state index in [2.05, 4.69) is 15.6 Å². The monoisotopic (exact) mass is 512 g/mol. The lowest BCUT2D eigenvalue weighted by Gasteiger charge is -2.24. The van der Waals surface area contributed by atoms with Crippen LogP contribution in [0.5, 0.6) is 0 Å². The zero-order valence-corrected chi connectivity index (χ0v) is 20.6. The van der Waals surface area contributed by atoms with E-state index in [1.54, 1.807) is 22.3 Å². The molecular formula is C20H33BN6O7S. The average molecular weight is 512 g/mol. The summed E-state index contributed by atoms with van der Waals surface area (Å²) in [5.74, 6) is -2.36. The van der Waals surface area contributed by atoms with Gasteiger partial charge in [0.1, 0.15) is 6.04 Å². The summed E-state index contributed by atoms with van der Waals surface area (Å²) in [6.45, 7) is 3.78. The average Bonchev–Trinajstić information content (AvgIpc) is 3.29. The van der Waals surface area contributed by atoms with Crippen LogP contribution in [0.1, 0.15) is 62.7 Å². The van der Waals surface area contributed by atoms with Gasteiger partial charge in [0, 0.05) is 30.3 Å². The number of hydrogen-bond acceptors (Lipinski definition) is 9. The third-order valence-corrected chi connectivity index (χ3v) is 5.54. The zero-order chi connectivity index (χ0) is 26.4. The Morgan fingerprint density at radius 2 is 1.94 bits per heavy atom. The van der Waals surface area contributed by atoms with Gasteiger partial charge < -0.3 is 26.4 Å². The molecule has 194 valence electrons. The number of nitrogens with one attached hydrogen (secondary N) is 3. The van der Waals surface area contributed by atoms with Crippen LogP contribution in [0.3, 0.4) is 0 Å². The summed E-state index contributed by atoms with van der Waals surface area (Å²) >= 11 is 1.41. The Hall–Kier alpha value is -3.04. The first-order valence-corrected chi connectivity index (χ1v) is 12.2. The van der Waals surface area contributed by atoms with Gasteiger partial charge in [-0.25, -0.2) is 15.1 Å². The maximum absolute atomic E-state index is 12.8. The van der Waals surface area contributed by atoms with Gasteiger partial charge in [-0.15, -0.1) is 0 Å². The standard InChI is InChI=1S/C20H33BN6O7S/c1-13(2)11-17(21(31)32)25-19(30)15(5-4-9-23-20(22)26-27(33)34)24-18(29)7-3-6-16(28)14-8-10-35-12-14/h8,10,12-13,15,17,31-32H,3-7,9,11H2,1-2H3,(H,24,29)(H,25,30)(H3,22,23,26)/t15-,17-/m0/s1. The van der Waals surface area contributed by atoms with E-state index in [1.807, 2.05) is 13.8 Å². The van der Waals surface area contributed by atoms with Gasteiger partial charge in [0.05, 0.1) is 5.94 Å². The van der Waals surface area contributed by atoms with Crippen LogP contribution in [0, 0.1) is 16.0 Å². The Kier molecular flexibility index (Phi) is 13.5. The SMILES string of the molecule is CC(C)C[C@H](NC(=O)[C@H](CCCN=C(N)N[N+](=O)[O-])NC(=O)CCCC(=O)c1ccsc1)B(O)O. The Morgan fingerprint density at radius 3 is 2.51 bits per heavy atom. The van der Waals surface area contributed by atoms with E-state index >= 15 is 0 Å². The first kappa shape index (κ1) is 30.0. The molecule has 0 aliphatic carbocycles. The Labute approximate surface area is 207 Å². The lowest BCUT2D eigenvalue weighted by atomic mass is 9.75. The molecule has 7 N–H and O–H groups in total. The van der Waals surface area contributed by atoms with Gasteiger partial charge in [-0.05, 0) is 43.0 Å². The Balaban J connectivity index is 2.71. The predicted molar refractivity (Wildman–Crippen MR) is 132 cm³/mol. The second-order valence-corrected chi connectivity index (χ2v) is 9.13. The van der Waals surface area contributed by atoms with E-state index in [0.717, 1.165) is 0 Å². The fourth-order valence-corrected chi connectivity index (χ4v) is 3.84. The van der Waals surface area contributed by atoms with Crippen molar-refractivity contribution >= 4 is 42.0 Å². The maximum Gasteiger partial charge on any atom is 0.475 e. The molecule has 1 aromatic rings. The normalized spacial score (nSPS) is 13.1. The number of hydrazine groups is 1. The smallest absolute Gasteiger partial charge is 0.426 e. The third-order valence-electron chi connectivity index (χ3n) is 4.85. The number of aliphatic imine (C=N–C) groups is 1. The summed E-state index contributed by atoms with van der Waals surface area (Å²) in [6.07, 6.45) is 1.19. The van der Waals surface area contributed by atoms with Crippen LogP contribution in [0.15, 0.2) is 21.8 Å². The number of nitrogens with zero attached hydrogens (tertiary/aromatic N) is 2. The molecular weight excluding hydrogens is 479 g/mol. The van der Waals surface area contributed by atoms with Crippen molar-refractivity contribution in [2.45, 2.75) is 64.4 Å². The number of rotatable bonds is 16. The fraction of sp³-hybridized carbons (Fsp3) is 0.600. The van der Waals surface area contributed by atoms with Gasteiger partial charge in [0.15, 0.2) is 10.8 Å². The fourth-order valence-electron chi connectivity index (χ4n) is 3.18. The molecule has 0 spiro atoms. The minimum absolute atomic E-state index is 0.0234. The number of nitrogens with two attached hydrogens (primary N) is 1. The van der Waals surface area contributed by atoms with E-state index < -0.39 is 41.9 Å². The van der Waals surface area contributed by atoms with Crippen molar-refractivity contribution < 1.29 is 29.5 Å². The summed E-state index contributed by atoms with van der Waals surface area (Å²) in [5, 5.41) is 37.4.